The third-order valence-corrected chi connectivity index (χ3v) is 6.01. The van der Waals surface area contributed by atoms with Crippen LogP contribution in [0.5, 0.6) is 5.75 Å². The molecule has 31 heavy (non-hydrogen) atoms. The van der Waals surface area contributed by atoms with Crippen LogP contribution in [-0.2, 0) is 21.4 Å². The summed E-state index contributed by atoms with van der Waals surface area (Å²) in [6.45, 7) is 5.02. The van der Waals surface area contributed by atoms with Crippen LogP contribution < -0.4 is 9.46 Å². The average Bonchev–Trinajstić information content (AvgIpc) is 3.12. The van der Waals surface area contributed by atoms with Crippen LogP contribution in [0.2, 0.25) is 0 Å². The number of hydrogen-bond donors (Lipinski definition) is 1. The van der Waals surface area contributed by atoms with E-state index in [1.54, 1.807) is 20.8 Å². The second-order valence-electron chi connectivity index (χ2n) is 7.11. The number of carbonyl (C=O) groups is 1. The molecule has 0 saturated carbocycles. The lowest BCUT2D eigenvalue weighted by molar-refractivity contribution is 0.0466. The highest BCUT2D eigenvalue weighted by Gasteiger charge is 2.23. The molecule has 0 radical (unpaired) electrons. The average molecular weight is 445 g/mol. The number of benzene rings is 2. The first-order chi connectivity index (χ1) is 14.7. The zero-order valence-electron chi connectivity index (χ0n) is 17.7. The first-order valence-corrected chi connectivity index (χ1v) is 11.1. The second kappa shape index (κ2) is 9.32. The molecule has 0 bridgehead atoms. The molecule has 1 aromatic heterocycles. The minimum Gasteiger partial charge on any atom is -0.495 e. The van der Waals surface area contributed by atoms with Crippen LogP contribution in [0.25, 0.3) is 11.5 Å². The molecular weight excluding hydrogens is 420 g/mol. The summed E-state index contributed by atoms with van der Waals surface area (Å²) in [5.74, 6) is 0.407. The molecule has 0 saturated heterocycles. The molecule has 164 valence electrons. The zero-order chi connectivity index (χ0) is 22.6. The molecule has 1 heterocycles. The summed E-state index contributed by atoms with van der Waals surface area (Å²) in [5.41, 5.74) is 1.37. The Kier molecular flexibility index (Phi) is 6.77. The van der Waals surface area contributed by atoms with Crippen molar-refractivity contribution in [2.75, 3.05) is 7.11 Å². The van der Waals surface area contributed by atoms with Gasteiger partial charge in [0.25, 0.3) is 0 Å². The van der Waals surface area contributed by atoms with E-state index in [2.05, 4.69) is 9.71 Å². The van der Waals surface area contributed by atoms with Crippen LogP contribution in [0, 0.1) is 6.92 Å². The minimum absolute atomic E-state index is 0.0781. The lowest BCUT2D eigenvalue weighted by Crippen LogP contribution is -2.30. The molecule has 3 aromatic rings. The summed E-state index contributed by atoms with van der Waals surface area (Å²) in [4.78, 5) is 16.8. The summed E-state index contributed by atoms with van der Waals surface area (Å²) in [6, 6.07) is 13.1. The predicted molar refractivity (Wildman–Crippen MR) is 114 cm³/mol. The van der Waals surface area contributed by atoms with Gasteiger partial charge in [-0.05, 0) is 51.1 Å². The van der Waals surface area contributed by atoms with Gasteiger partial charge in [-0.25, -0.2) is 22.9 Å². The number of aromatic nitrogens is 1. The Morgan fingerprint density at radius 1 is 1.16 bits per heavy atom. The Morgan fingerprint density at radius 2 is 1.87 bits per heavy atom. The summed E-state index contributed by atoms with van der Waals surface area (Å²) in [6.07, 6.45) is 0. The van der Waals surface area contributed by atoms with Crippen LogP contribution in [0.3, 0.4) is 0 Å². The molecule has 0 aliphatic rings. The first-order valence-electron chi connectivity index (χ1n) is 9.60. The van der Waals surface area contributed by atoms with E-state index in [4.69, 9.17) is 13.9 Å². The molecule has 0 fully saturated rings. The van der Waals surface area contributed by atoms with Crippen molar-refractivity contribution in [3.8, 4) is 17.2 Å². The van der Waals surface area contributed by atoms with Crippen molar-refractivity contribution in [2.24, 2.45) is 0 Å². The van der Waals surface area contributed by atoms with Crippen molar-refractivity contribution in [3.05, 3.63) is 65.5 Å². The van der Waals surface area contributed by atoms with Gasteiger partial charge in [0.15, 0.2) is 0 Å². The number of nitrogens with one attached hydrogen (secondary N) is 1. The normalized spacial score (nSPS) is 11.5. The van der Waals surface area contributed by atoms with Crippen LogP contribution in [0.4, 0.5) is 0 Å². The fraction of sp³-hybridized carbons (Fsp3) is 0.273. The summed E-state index contributed by atoms with van der Waals surface area (Å²) >= 11 is 0. The Balaban J connectivity index is 1.79. The lowest BCUT2D eigenvalue weighted by Gasteiger charge is -2.14. The highest BCUT2D eigenvalue weighted by Crippen LogP contribution is 2.26. The van der Waals surface area contributed by atoms with Gasteiger partial charge in [-0.2, -0.15) is 0 Å². The van der Waals surface area contributed by atoms with Crippen molar-refractivity contribution in [2.45, 2.75) is 38.3 Å². The van der Waals surface area contributed by atoms with Crippen LogP contribution in [0.1, 0.15) is 35.7 Å². The van der Waals surface area contributed by atoms with Crippen molar-refractivity contribution < 1.29 is 27.1 Å². The number of rotatable bonds is 8. The van der Waals surface area contributed by atoms with E-state index >= 15 is 0 Å². The standard InChI is InChI=1S/C22H24N2O6S/c1-14(2)24-31(26,27)20-12-17(10-11-19(20)28-4)22(25)29-13-18-15(3)30-21(23-18)16-8-6-5-7-9-16/h5-12,14,24H,13H2,1-4H3. The first kappa shape index (κ1) is 22.5. The number of ether oxygens (including phenoxy) is 2. The van der Waals surface area contributed by atoms with Crippen LogP contribution in [-0.4, -0.2) is 32.5 Å². The Hall–Kier alpha value is -3.17. The third-order valence-electron chi connectivity index (χ3n) is 4.33. The lowest BCUT2D eigenvalue weighted by atomic mass is 10.2. The van der Waals surface area contributed by atoms with Crippen LogP contribution in [0.15, 0.2) is 57.8 Å². The SMILES string of the molecule is COc1ccc(C(=O)OCc2nc(-c3ccccc3)oc2C)cc1S(=O)(=O)NC(C)C. The van der Waals surface area contributed by atoms with Gasteiger partial charge in [-0.15, -0.1) is 0 Å². The largest absolute Gasteiger partial charge is 0.495 e. The number of oxazole rings is 1. The van der Waals surface area contributed by atoms with Gasteiger partial charge in [0.05, 0.1) is 12.7 Å². The maximum Gasteiger partial charge on any atom is 0.338 e. The number of methoxy groups -OCH3 is 1. The quantitative estimate of drug-likeness (QED) is 0.528. The van der Waals surface area contributed by atoms with Gasteiger partial charge in [0.2, 0.25) is 15.9 Å². The molecule has 0 aliphatic carbocycles. The molecule has 9 heteroatoms. The fourth-order valence-corrected chi connectivity index (χ4v) is 4.32. The summed E-state index contributed by atoms with van der Waals surface area (Å²) < 4.78 is 43.8. The fourth-order valence-electron chi connectivity index (χ4n) is 2.87. The van der Waals surface area contributed by atoms with E-state index in [9.17, 15) is 13.2 Å². The highest BCUT2D eigenvalue weighted by molar-refractivity contribution is 7.89. The second-order valence-corrected chi connectivity index (χ2v) is 8.79. The third kappa shape index (κ3) is 5.31. The van der Waals surface area contributed by atoms with Crippen molar-refractivity contribution in [1.29, 1.82) is 0 Å². The maximum absolute atomic E-state index is 12.6. The molecular formula is C22H24N2O6S. The smallest absolute Gasteiger partial charge is 0.338 e. The molecule has 0 atom stereocenters. The molecule has 1 N–H and O–H groups in total. The molecule has 0 spiro atoms. The minimum atomic E-state index is -3.87. The van der Waals surface area contributed by atoms with Gasteiger partial charge >= 0.3 is 5.97 Å². The molecule has 0 amide bonds. The van der Waals surface area contributed by atoms with E-state index < -0.39 is 16.0 Å². The molecule has 0 aliphatic heterocycles. The summed E-state index contributed by atoms with van der Waals surface area (Å²) in [7, 11) is -2.51. The van der Waals surface area contributed by atoms with Gasteiger partial charge in [-0.3, -0.25) is 0 Å². The maximum atomic E-state index is 12.6. The van der Waals surface area contributed by atoms with E-state index in [0.717, 1.165) is 5.56 Å². The predicted octanol–water partition coefficient (Wildman–Crippen LogP) is 3.70. The highest BCUT2D eigenvalue weighted by atomic mass is 32.2. The van der Waals surface area contributed by atoms with Crippen LogP contribution >= 0.6 is 0 Å². The van der Waals surface area contributed by atoms with Crippen molar-refractivity contribution in [1.82, 2.24) is 9.71 Å². The molecule has 3 rings (SSSR count). The molecule has 2 aromatic carbocycles. The van der Waals surface area contributed by atoms with Gasteiger partial charge < -0.3 is 13.9 Å². The molecule has 0 unspecified atom stereocenters. The Bertz CT molecular complexity index is 1170. The summed E-state index contributed by atoms with van der Waals surface area (Å²) in [5, 5.41) is 0. The monoisotopic (exact) mass is 444 g/mol. The van der Waals surface area contributed by atoms with E-state index in [0.29, 0.717) is 17.3 Å². The number of hydrogen-bond acceptors (Lipinski definition) is 7. The number of esters is 1. The number of aryl methyl sites for hydroxylation is 1. The van der Waals surface area contributed by atoms with Crippen molar-refractivity contribution in [3.63, 3.8) is 0 Å². The van der Waals surface area contributed by atoms with Gasteiger partial charge in [0, 0.05) is 11.6 Å². The Labute approximate surface area is 181 Å². The Morgan fingerprint density at radius 3 is 2.52 bits per heavy atom. The number of carbonyl (C=O) groups excluding carboxylic acids is 1. The van der Waals surface area contributed by atoms with E-state index in [1.807, 2.05) is 30.3 Å². The van der Waals surface area contributed by atoms with E-state index in [1.165, 1.54) is 25.3 Å². The van der Waals surface area contributed by atoms with Gasteiger partial charge in [-0.1, -0.05) is 18.2 Å². The molecule has 8 nitrogen and oxygen atoms in total. The van der Waals surface area contributed by atoms with Crippen molar-refractivity contribution >= 4 is 16.0 Å². The number of nitrogens with zero attached hydrogens (tertiary/aromatic N) is 1. The van der Waals surface area contributed by atoms with E-state index in [-0.39, 0.29) is 28.9 Å². The zero-order valence-corrected chi connectivity index (χ0v) is 18.5. The number of sulfonamides is 1. The topological polar surface area (TPSA) is 108 Å². The van der Waals surface area contributed by atoms with Gasteiger partial charge in [0.1, 0.15) is 28.7 Å².